The van der Waals surface area contributed by atoms with Gasteiger partial charge in [0.25, 0.3) is 0 Å². The zero-order chi connectivity index (χ0) is 21.4. The fourth-order valence-electron chi connectivity index (χ4n) is 3.15. The molecule has 0 unspecified atom stereocenters. The van der Waals surface area contributed by atoms with Crippen molar-refractivity contribution in [1.82, 2.24) is 0 Å². The van der Waals surface area contributed by atoms with Crippen LogP contribution in [-0.4, -0.2) is 11.8 Å². The van der Waals surface area contributed by atoms with Crippen LogP contribution in [0.25, 0.3) is 6.08 Å². The second kappa shape index (κ2) is 7.98. The summed E-state index contributed by atoms with van der Waals surface area (Å²) in [6.45, 7) is 3.71. The van der Waals surface area contributed by atoms with Gasteiger partial charge in [-0.2, -0.15) is 0 Å². The molecule has 3 aromatic rings. The van der Waals surface area contributed by atoms with Crippen LogP contribution >= 0.6 is 23.2 Å². The molecule has 0 aliphatic carbocycles. The van der Waals surface area contributed by atoms with Gasteiger partial charge < -0.3 is 9.47 Å². The monoisotopic (exact) mass is 438 g/mol. The fourth-order valence-corrected chi connectivity index (χ4v) is 3.61. The first-order valence-corrected chi connectivity index (χ1v) is 9.90. The minimum absolute atomic E-state index is 0.138. The minimum Gasteiger partial charge on any atom is -0.452 e. The summed E-state index contributed by atoms with van der Waals surface area (Å²) >= 11 is 12.1. The lowest BCUT2D eigenvalue weighted by Crippen LogP contribution is -2.08. The third-order valence-electron chi connectivity index (χ3n) is 4.69. The number of ether oxygens (including phenoxy) is 2. The average Bonchev–Trinajstić information content (AvgIpc) is 3.00. The number of benzene rings is 3. The number of carbonyl (C=O) groups excluding carboxylic acids is 2. The fraction of sp³-hybridized carbons (Fsp3) is 0.0833. The third-order valence-corrected chi connectivity index (χ3v) is 5.25. The first-order chi connectivity index (χ1) is 14.3. The Balaban J connectivity index is 1.61. The minimum atomic E-state index is -0.484. The molecule has 150 valence electrons. The maximum absolute atomic E-state index is 12.8. The van der Waals surface area contributed by atoms with Crippen molar-refractivity contribution in [3.8, 4) is 11.5 Å². The highest BCUT2D eigenvalue weighted by atomic mass is 35.5. The number of ketones is 1. The van der Waals surface area contributed by atoms with E-state index in [1.807, 2.05) is 19.1 Å². The topological polar surface area (TPSA) is 52.6 Å². The van der Waals surface area contributed by atoms with Gasteiger partial charge in [-0.1, -0.05) is 47.0 Å². The Bertz CT molecular complexity index is 1210. The van der Waals surface area contributed by atoms with E-state index in [1.54, 1.807) is 49.4 Å². The molecule has 6 heteroatoms. The standard InChI is InChI=1S/C24H16Cl2O4/c1-13-3-5-15(6-4-13)24(28)29-18-9-14(2)22-20(12-18)30-21(23(22)27)10-16-7-8-17(25)11-19(16)26/h3-12H,1-2H3/b21-10-. The quantitative estimate of drug-likeness (QED) is 0.268. The molecule has 30 heavy (non-hydrogen) atoms. The van der Waals surface area contributed by atoms with E-state index in [0.717, 1.165) is 5.56 Å². The van der Waals surface area contributed by atoms with Gasteiger partial charge >= 0.3 is 5.97 Å². The molecule has 0 saturated heterocycles. The molecule has 1 heterocycles. The molecule has 4 rings (SSSR count). The van der Waals surface area contributed by atoms with E-state index in [1.165, 1.54) is 6.07 Å². The number of carbonyl (C=O) groups is 2. The second-order valence-electron chi connectivity index (χ2n) is 6.97. The van der Waals surface area contributed by atoms with E-state index < -0.39 is 5.97 Å². The van der Waals surface area contributed by atoms with Crippen LogP contribution in [0.1, 0.15) is 37.4 Å². The predicted molar refractivity (Wildman–Crippen MR) is 117 cm³/mol. The van der Waals surface area contributed by atoms with Gasteiger partial charge in [-0.15, -0.1) is 0 Å². The normalized spacial score (nSPS) is 13.9. The summed E-state index contributed by atoms with van der Waals surface area (Å²) in [7, 11) is 0. The lowest BCUT2D eigenvalue weighted by atomic mass is 10.0. The van der Waals surface area contributed by atoms with Gasteiger partial charge in [-0.05, 0) is 61.4 Å². The molecule has 0 N–H and O–H groups in total. The van der Waals surface area contributed by atoms with Crippen LogP contribution in [-0.2, 0) is 0 Å². The SMILES string of the molecule is Cc1ccc(C(=O)Oc2cc(C)c3c(c2)O/C(=C\c2ccc(Cl)cc2Cl)C3=O)cc1. The third kappa shape index (κ3) is 3.97. The van der Waals surface area contributed by atoms with Crippen LogP contribution in [0.15, 0.2) is 60.4 Å². The molecule has 0 radical (unpaired) electrons. The maximum Gasteiger partial charge on any atom is 0.343 e. The van der Waals surface area contributed by atoms with Crippen molar-refractivity contribution >= 4 is 41.0 Å². The number of rotatable bonds is 3. The van der Waals surface area contributed by atoms with E-state index in [2.05, 4.69) is 0 Å². The van der Waals surface area contributed by atoms with Gasteiger partial charge in [0.1, 0.15) is 11.5 Å². The number of hydrogen-bond donors (Lipinski definition) is 0. The van der Waals surface area contributed by atoms with Crippen molar-refractivity contribution in [2.75, 3.05) is 0 Å². The molecule has 0 bridgehead atoms. The summed E-state index contributed by atoms with van der Waals surface area (Å²) in [5, 5.41) is 0.909. The van der Waals surface area contributed by atoms with Crippen LogP contribution in [0.5, 0.6) is 11.5 Å². The number of aryl methyl sites for hydroxylation is 2. The summed E-state index contributed by atoms with van der Waals surface area (Å²) in [6.07, 6.45) is 1.57. The zero-order valence-corrected chi connectivity index (χ0v) is 17.7. The van der Waals surface area contributed by atoms with Gasteiger partial charge in [-0.3, -0.25) is 4.79 Å². The number of hydrogen-bond acceptors (Lipinski definition) is 4. The molecule has 0 saturated carbocycles. The summed E-state index contributed by atoms with van der Waals surface area (Å²) in [6, 6.07) is 15.2. The number of halogens is 2. The summed E-state index contributed by atoms with van der Waals surface area (Å²) < 4.78 is 11.2. The number of allylic oxidation sites excluding steroid dienone is 1. The smallest absolute Gasteiger partial charge is 0.343 e. The summed E-state index contributed by atoms with van der Waals surface area (Å²) in [5.41, 5.74) is 3.18. The van der Waals surface area contributed by atoms with Crippen molar-refractivity contribution in [2.24, 2.45) is 0 Å². The van der Waals surface area contributed by atoms with Crippen molar-refractivity contribution in [3.05, 3.63) is 98.2 Å². The van der Waals surface area contributed by atoms with E-state index in [4.69, 9.17) is 32.7 Å². The number of esters is 1. The highest BCUT2D eigenvalue weighted by Crippen LogP contribution is 2.38. The highest BCUT2D eigenvalue weighted by Gasteiger charge is 2.30. The van der Waals surface area contributed by atoms with Crippen LogP contribution in [0.3, 0.4) is 0 Å². The zero-order valence-electron chi connectivity index (χ0n) is 16.2. The second-order valence-corrected chi connectivity index (χ2v) is 7.82. The molecule has 1 aliphatic rings. The Labute approximate surface area is 183 Å². The van der Waals surface area contributed by atoms with Crippen molar-refractivity contribution in [2.45, 2.75) is 13.8 Å². The van der Waals surface area contributed by atoms with Crippen molar-refractivity contribution in [1.29, 1.82) is 0 Å². The molecule has 0 fully saturated rings. The van der Waals surface area contributed by atoms with Crippen LogP contribution < -0.4 is 9.47 Å². The average molecular weight is 439 g/mol. The van der Waals surface area contributed by atoms with E-state index in [0.29, 0.717) is 43.8 Å². The Hall–Kier alpha value is -3.08. The summed E-state index contributed by atoms with van der Waals surface area (Å²) in [4.78, 5) is 25.2. The maximum atomic E-state index is 12.8. The Kier molecular flexibility index (Phi) is 5.37. The Morgan fingerprint density at radius 3 is 2.43 bits per heavy atom. The summed E-state index contributed by atoms with van der Waals surface area (Å²) in [5.74, 6) is 0.0325. The van der Waals surface area contributed by atoms with Crippen molar-refractivity contribution < 1.29 is 19.1 Å². The Morgan fingerprint density at radius 2 is 1.73 bits per heavy atom. The van der Waals surface area contributed by atoms with Gasteiger partial charge in [0, 0.05) is 16.1 Å². The van der Waals surface area contributed by atoms with Gasteiger partial charge in [-0.25, -0.2) is 4.79 Å². The molecule has 4 nitrogen and oxygen atoms in total. The number of fused-ring (bicyclic) bond motifs is 1. The van der Waals surface area contributed by atoms with E-state index in [9.17, 15) is 9.59 Å². The van der Waals surface area contributed by atoms with Gasteiger partial charge in [0.2, 0.25) is 5.78 Å². The lowest BCUT2D eigenvalue weighted by molar-refractivity contribution is 0.0734. The van der Waals surface area contributed by atoms with E-state index >= 15 is 0 Å². The first kappa shape index (κ1) is 20.2. The molecule has 0 aromatic heterocycles. The van der Waals surface area contributed by atoms with Gasteiger partial charge in [0.15, 0.2) is 5.76 Å². The molecule has 0 amide bonds. The molecule has 0 atom stereocenters. The number of Topliss-reactive ketones (excluding diaryl/α,β-unsaturated/α-hetero) is 1. The van der Waals surface area contributed by atoms with E-state index in [-0.39, 0.29) is 11.5 Å². The molecule has 1 aliphatic heterocycles. The molecular formula is C24H16Cl2O4. The van der Waals surface area contributed by atoms with Crippen LogP contribution in [0, 0.1) is 13.8 Å². The largest absolute Gasteiger partial charge is 0.452 e. The lowest BCUT2D eigenvalue weighted by Gasteiger charge is -2.08. The molecule has 0 spiro atoms. The van der Waals surface area contributed by atoms with Gasteiger partial charge in [0.05, 0.1) is 11.1 Å². The van der Waals surface area contributed by atoms with Crippen LogP contribution in [0.4, 0.5) is 0 Å². The molecular weight excluding hydrogens is 423 g/mol. The van der Waals surface area contributed by atoms with Crippen LogP contribution in [0.2, 0.25) is 10.0 Å². The van der Waals surface area contributed by atoms with Crippen molar-refractivity contribution in [3.63, 3.8) is 0 Å². The molecule has 3 aromatic carbocycles. The Morgan fingerprint density at radius 1 is 1.00 bits per heavy atom. The highest BCUT2D eigenvalue weighted by molar-refractivity contribution is 6.35. The first-order valence-electron chi connectivity index (χ1n) is 9.14. The predicted octanol–water partition coefficient (Wildman–Crippen LogP) is 6.45.